The third-order valence-electron chi connectivity index (χ3n) is 4.86. The van der Waals surface area contributed by atoms with E-state index >= 15 is 0 Å². The molecule has 1 aromatic rings. The number of β-lactam (4-membered cyclic amide) rings is 1. The average Bonchev–Trinajstić information content (AvgIpc) is 2.79. The van der Waals surface area contributed by atoms with Crippen LogP contribution < -0.4 is 16.7 Å². The Labute approximate surface area is 210 Å². The van der Waals surface area contributed by atoms with Crippen molar-refractivity contribution in [2.75, 3.05) is 12.4 Å². The zero-order chi connectivity index (χ0) is 24.0. The minimum absolute atomic E-state index is 0. The summed E-state index contributed by atoms with van der Waals surface area (Å²) >= 11 is 2.78. The van der Waals surface area contributed by atoms with Crippen molar-refractivity contribution in [1.29, 1.82) is 0 Å². The molecule has 0 spiro atoms. The van der Waals surface area contributed by atoms with Crippen LogP contribution >= 0.6 is 35.9 Å². The highest BCUT2D eigenvalue weighted by atomic mass is 35.5. The summed E-state index contributed by atoms with van der Waals surface area (Å²) in [6, 6.07) is 6.68. The summed E-state index contributed by atoms with van der Waals surface area (Å²) in [4.78, 5) is 49.1. The summed E-state index contributed by atoms with van der Waals surface area (Å²) in [5, 5.41) is 15.4. The Kier molecular flexibility index (Phi) is 10.2. The molecule has 34 heavy (non-hydrogen) atoms. The zero-order valence-electron chi connectivity index (χ0n) is 18.1. The molecule has 1 fully saturated rings. The second kappa shape index (κ2) is 12.6. The molecule has 2 amide bonds. The van der Waals surface area contributed by atoms with Crippen molar-refractivity contribution < 1.29 is 29.0 Å². The summed E-state index contributed by atoms with van der Waals surface area (Å²) in [5.41, 5.74) is 5.77. The fraction of sp³-hybridized carbons (Fsp3) is 0.350. The van der Waals surface area contributed by atoms with Crippen LogP contribution in [-0.4, -0.2) is 63.1 Å². The van der Waals surface area contributed by atoms with Crippen LogP contribution in [0.3, 0.4) is 0 Å². The first-order chi connectivity index (χ1) is 15.8. The Balaban J connectivity index is 0.00000408. The number of hydrazone groups is 1. The van der Waals surface area contributed by atoms with Crippen LogP contribution in [0.15, 0.2) is 40.6 Å². The number of nitrogens with two attached hydrogens (primary N) is 1. The summed E-state index contributed by atoms with van der Waals surface area (Å²) in [6.07, 6.45) is 0.0898. The molecule has 2 aliphatic heterocycles. The molecule has 3 rings (SSSR count). The molecule has 0 aromatic heterocycles. The largest absolute Gasteiger partial charge is 0.477 e. The number of halogens is 1. The topological polar surface area (TPSA) is 163 Å². The molecule has 2 unspecified atom stereocenters. The van der Waals surface area contributed by atoms with E-state index in [1.165, 1.54) is 30.4 Å². The molecule has 2 aliphatic rings. The van der Waals surface area contributed by atoms with Gasteiger partial charge in [-0.3, -0.25) is 19.3 Å². The van der Waals surface area contributed by atoms with Gasteiger partial charge in [-0.2, -0.15) is 5.10 Å². The van der Waals surface area contributed by atoms with Crippen LogP contribution in [0.2, 0.25) is 0 Å². The number of fused-ring (bicyclic) bond motifs is 1. The third kappa shape index (κ3) is 6.65. The number of thioether (sulfide) groups is 2. The predicted octanol–water partition coefficient (Wildman–Crippen LogP) is 0.592. The lowest BCUT2D eigenvalue weighted by atomic mass is 10.0. The van der Waals surface area contributed by atoms with Crippen molar-refractivity contribution >= 4 is 65.2 Å². The molecule has 2 heterocycles. The van der Waals surface area contributed by atoms with Crippen LogP contribution in [-0.2, 0) is 36.1 Å². The van der Waals surface area contributed by atoms with E-state index < -0.39 is 29.3 Å². The molecule has 0 bridgehead atoms. The second-order valence-corrected chi connectivity index (χ2v) is 9.10. The van der Waals surface area contributed by atoms with E-state index in [0.29, 0.717) is 11.3 Å². The van der Waals surface area contributed by atoms with Gasteiger partial charge in [0.25, 0.3) is 5.91 Å². The first kappa shape index (κ1) is 27.5. The van der Waals surface area contributed by atoms with Gasteiger partial charge in [0.2, 0.25) is 5.91 Å². The van der Waals surface area contributed by atoms with Crippen molar-refractivity contribution in [3.63, 3.8) is 0 Å². The Morgan fingerprint density at radius 1 is 1.32 bits per heavy atom. The minimum Gasteiger partial charge on any atom is -0.477 e. The zero-order valence-corrected chi connectivity index (χ0v) is 20.5. The van der Waals surface area contributed by atoms with Crippen LogP contribution in [0.25, 0.3) is 0 Å². The Morgan fingerprint density at radius 2 is 2.00 bits per heavy atom. The molecular formula is C20H24ClN5O6S2. The number of carbonyl (C=O) groups excluding carboxylic acids is 3. The fourth-order valence-electron chi connectivity index (χ4n) is 3.35. The van der Waals surface area contributed by atoms with E-state index in [-0.39, 0.29) is 42.8 Å². The average molecular weight is 530 g/mol. The van der Waals surface area contributed by atoms with E-state index in [1.54, 1.807) is 5.55 Å². The highest BCUT2D eigenvalue weighted by Gasteiger charge is 2.54. The Bertz CT molecular complexity index is 1000. The maximum absolute atomic E-state index is 12.6. The van der Waals surface area contributed by atoms with Crippen molar-refractivity contribution in [2.45, 2.75) is 30.5 Å². The van der Waals surface area contributed by atoms with Crippen molar-refractivity contribution in [3.05, 3.63) is 46.7 Å². The second-order valence-electron chi connectivity index (χ2n) is 7.16. The van der Waals surface area contributed by atoms with Crippen LogP contribution in [0.1, 0.15) is 18.1 Å². The minimum atomic E-state index is -1.27. The van der Waals surface area contributed by atoms with Crippen LogP contribution in [0, 0.1) is 0 Å². The highest BCUT2D eigenvalue weighted by molar-refractivity contribution is 8.11. The number of esters is 1. The molecule has 5 N–H and O–H groups in total. The maximum atomic E-state index is 12.6. The lowest BCUT2D eigenvalue weighted by Crippen LogP contribution is -2.70. The standard InChI is InChI=1S/C20H23N5O6S2.ClH/c1-11(26)31-7-14-9-33-19-16(18(28)25(19)17(14)20(29)30)23-15(27)6-12-2-4-13(5-3-12)8-32-10-22-24-21;/h2-5,10,16,19,24H,6-9,21H2,1H3,(H,23,27)(H,29,30);1H. The summed E-state index contributed by atoms with van der Waals surface area (Å²) in [7, 11) is 0. The molecule has 11 nitrogen and oxygen atoms in total. The van der Waals surface area contributed by atoms with Gasteiger partial charge in [-0.25, -0.2) is 16.2 Å². The number of amides is 2. The maximum Gasteiger partial charge on any atom is 0.352 e. The number of nitrogens with one attached hydrogen (secondary N) is 2. The van der Waals surface area contributed by atoms with E-state index in [1.807, 2.05) is 24.3 Å². The smallest absolute Gasteiger partial charge is 0.352 e. The number of hydrazine groups is 1. The molecule has 1 saturated heterocycles. The Morgan fingerprint density at radius 3 is 2.62 bits per heavy atom. The molecule has 0 aliphatic carbocycles. The first-order valence-electron chi connectivity index (χ1n) is 9.81. The normalized spacial score (nSPS) is 19.1. The number of ether oxygens (including phenoxy) is 1. The predicted molar refractivity (Wildman–Crippen MR) is 131 cm³/mol. The number of rotatable bonds is 10. The van der Waals surface area contributed by atoms with Crippen molar-refractivity contribution in [1.82, 2.24) is 15.8 Å². The summed E-state index contributed by atoms with van der Waals surface area (Å²) in [6.45, 7) is 1.03. The number of aliphatic carboxylic acids is 1. The van der Waals surface area contributed by atoms with Gasteiger partial charge in [0.15, 0.2) is 0 Å². The Hall–Kier alpha value is -2.74. The van der Waals surface area contributed by atoms with E-state index in [2.05, 4.69) is 16.0 Å². The molecular weight excluding hydrogens is 506 g/mol. The number of hydrogen-bond donors (Lipinski definition) is 4. The molecule has 0 saturated carbocycles. The lowest BCUT2D eigenvalue weighted by molar-refractivity contribution is -0.151. The van der Waals surface area contributed by atoms with Crippen LogP contribution in [0.5, 0.6) is 0 Å². The number of nitrogens with zero attached hydrogens (tertiary/aromatic N) is 2. The van der Waals surface area contributed by atoms with Gasteiger partial charge in [0.1, 0.15) is 23.7 Å². The molecule has 184 valence electrons. The van der Waals surface area contributed by atoms with Crippen LogP contribution in [0.4, 0.5) is 0 Å². The number of carbonyl (C=O) groups is 4. The third-order valence-corrected chi connectivity index (χ3v) is 6.95. The van der Waals surface area contributed by atoms with Gasteiger partial charge in [-0.15, -0.1) is 35.9 Å². The SMILES string of the molecule is CC(=O)OCC1=C(C(=O)O)N2C(=O)C(NC(=O)Cc3ccc(CSC=NNN)cc3)C2SC1.Cl. The lowest BCUT2D eigenvalue weighted by Gasteiger charge is -2.49. The van der Waals surface area contributed by atoms with Gasteiger partial charge < -0.3 is 15.2 Å². The number of benzene rings is 1. The highest BCUT2D eigenvalue weighted by Crippen LogP contribution is 2.40. The number of carboxylic acid groups (broad SMARTS) is 1. The fourth-order valence-corrected chi connectivity index (χ4v) is 5.27. The van der Waals surface area contributed by atoms with Crippen molar-refractivity contribution in [2.24, 2.45) is 10.9 Å². The van der Waals surface area contributed by atoms with Gasteiger partial charge >= 0.3 is 11.9 Å². The molecule has 1 aromatic carbocycles. The van der Waals surface area contributed by atoms with E-state index in [9.17, 15) is 24.3 Å². The molecule has 14 heteroatoms. The van der Waals surface area contributed by atoms with E-state index in [0.717, 1.165) is 16.0 Å². The number of carboxylic acids is 1. The summed E-state index contributed by atoms with van der Waals surface area (Å²) < 4.78 is 4.91. The first-order valence-corrected chi connectivity index (χ1v) is 11.9. The van der Waals surface area contributed by atoms with Gasteiger partial charge in [-0.05, 0) is 11.1 Å². The number of hydrogen-bond acceptors (Lipinski definition) is 10. The molecule has 2 atom stereocenters. The monoisotopic (exact) mass is 529 g/mol. The van der Waals surface area contributed by atoms with E-state index in [4.69, 9.17) is 10.6 Å². The van der Waals surface area contributed by atoms with Gasteiger partial charge in [0.05, 0.1) is 12.0 Å². The molecule has 0 radical (unpaired) electrons. The van der Waals surface area contributed by atoms with Gasteiger partial charge in [0, 0.05) is 24.0 Å². The summed E-state index contributed by atoms with van der Waals surface area (Å²) in [5.74, 6) is 3.38. The van der Waals surface area contributed by atoms with Crippen molar-refractivity contribution in [3.8, 4) is 0 Å². The van der Waals surface area contributed by atoms with Gasteiger partial charge in [-0.1, -0.05) is 24.3 Å². The quantitative estimate of drug-likeness (QED) is 0.0842.